The SMILES string of the molecule is COc1ccc(Br)cc1CN(C)C(=O)CNC(=O)c1ccc(C)s1. The first-order chi connectivity index (χ1) is 11.4. The van der Waals surface area contributed by atoms with Crippen LogP contribution in [0.3, 0.4) is 0 Å². The second kappa shape index (κ2) is 8.30. The van der Waals surface area contributed by atoms with Crippen molar-refractivity contribution < 1.29 is 14.3 Å². The summed E-state index contributed by atoms with van der Waals surface area (Å²) in [7, 11) is 3.29. The molecule has 0 radical (unpaired) electrons. The summed E-state index contributed by atoms with van der Waals surface area (Å²) in [4.78, 5) is 27.5. The number of amides is 2. The highest BCUT2D eigenvalue weighted by molar-refractivity contribution is 9.10. The van der Waals surface area contributed by atoms with E-state index < -0.39 is 0 Å². The van der Waals surface area contributed by atoms with Crippen LogP contribution in [0, 0.1) is 6.92 Å². The Kier molecular flexibility index (Phi) is 6.39. The van der Waals surface area contributed by atoms with Crippen LogP contribution in [-0.2, 0) is 11.3 Å². The van der Waals surface area contributed by atoms with E-state index in [4.69, 9.17) is 4.74 Å². The number of likely N-dealkylation sites (N-methyl/N-ethyl adjacent to an activating group) is 1. The minimum atomic E-state index is -0.227. The number of hydrogen-bond donors (Lipinski definition) is 1. The number of methoxy groups -OCH3 is 1. The van der Waals surface area contributed by atoms with Crippen molar-refractivity contribution in [2.24, 2.45) is 0 Å². The van der Waals surface area contributed by atoms with Crippen LogP contribution in [0.25, 0.3) is 0 Å². The van der Waals surface area contributed by atoms with E-state index in [0.717, 1.165) is 20.7 Å². The third kappa shape index (κ3) is 4.82. The quantitative estimate of drug-likeness (QED) is 0.794. The zero-order chi connectivity index (χ0) is 17.7. The largest absolute Gasteiger partial charge is 0.496 e. The van der Waals surface area contributed by atoms with E-state index in [1.165, 1.54) is 11.3 Å². The molecule has 2 rings (SSSR count). The van der Waals surface area contributed by atoms with Gasteiger partial charge in [0.1, 0.15) is 5.75 Å². The predicted octanol–water partition coefficient (Wildman–Crippen LogP) is 3.22. The van der Waals surface area contributed by atoms with Crippen molar-refractivity contribution >= 4 is 39.1 Å². The number of rotatable bonds is 6. The summed E-state index contributed by atoms with van der Waals surface area (Å²) in [6.07, 6.45) is 0. The molecule has 0 saturated carbocycles. The number of benzene rings is 1. The van der Waals surface area contributed by atoms with E-state index in [0.29, 0.717) is 11.4 Å². The zero-order valence-electron chi connectivity index (χ0n) is 13.8. The van der Waals surface area contributed by atoms with Gasteiger partial charge in [0.2, 0.25) is 5.91 Å². The van der Waals surface area contributed by atoms with Crippen LogP contribution in [0.1, 0.15) is 20.1 Å². The fourth-order valence-electron chi connectivity index (χ4n) is 2.15. The van der Waals surface area contributed by atoms with Gasteiger partial charge in [0.15, 0.2) is 0 Å². The lowest BCUT2D eigenvalue weighted by atomic mass is 10.2. The highest BCUT2D eigenvalue weighted by Gasteiger charge is 2.15. The van der Waals surface area contributed by atoms with Crippen LogP contribution in [0.2, 0.25) is 0 Å². The molecule has 1 N–H and O–H groups in total. The number of carbonyl (C=O) groups excluding carboxylic acids is 2. The van der Waals surface area contributed by atoms with E-state index in [2.05, 4.69) is 21.2 Å². The third-order valence-electron chi connectivity index (χ3n) is 3.44. The standard InChI is InChI=1S/C17H19BrN2O3S/c1-11-4-7-15(24-11)17(22)19-9-16(21)20(2)10-12-8-13(18)5-6-14(12)23-3/h4-8H,9-10H2,1-3H3,(H,19,22). The molecule has 0 aliphatic carbocycles. The number of carbonyl (C=O) groups is 2. The summed E-state index contributed by atoms with van der Waals surface area (Å²) in [6.45, 7) is 2.30. The summed E-state index contributed by atoms with van der Waals surface area (Å²) >= 11 is 4.82. The Balaban J connectivity index is 1.93. The topological polar surface area (TPSA) is 58.6 Å². The van der Waals surface area contributed by atoms with Gasteiger partial charge in [0.25, 0.3) is 5.91 Å². The number of hydrogen-bond acceptors (Lipinski definition) is 4. The minimum absolute atomic E-state index is 0.0391. The minimum Gasteiger partial charge on any atom is -0.496 e. The Morgan fingerprint density at radius 2 is 2.04 bits per heavy atom. The molecule has 0 unspecified atom stereocenters. The monoisotopic (exact) mass is 410 g/mol. The van der Waals surface area contributed by atoms with Crippen LogP contribution >= 0.6 is 27.3 Å². The molecule has 0 saturated heterocycles. The summed E-state index contributed by atoms with van der Waals surface area (Å²) in [6, 6.07) is 9.28. The van der Waals surface area contributed by atoms with Crippen LogP contribution in [-0.4, -0.2) is 37.4 Å². The van der Waals surface area contributed by atoms with Gasteiger partial charge < -0.3 is 15.0 Å². The van der Waals surface area contributed by atoms with Crippen molar-refractivity contribution in [2.45, 2.75) is 13.5 Å². The maximum Gasteiger partial charge on any atom is 0.261 e. The van der Waals surface area contributed by atoms with E-state index in [9.17, 15) is 9.59 Å². The Morgan fingerprint density at radius 1 is 1.29 bits per heavy atom. The van der Waals surface area contributed by atoms with Crippen molar-refractivity contribution in [1.82, 2.24) is 10.2 Å². The lowest BCUT2D eigenvalue weighted by Crippen LogP contribution is -2.37. The van der Waals surface area contributed by atoms with Gasteiger partial charge in [-0.1, -0.05) is 15.9 Å². The lowest BCUT2D eigenvalue weighted by Gasteiger charge is -2.19. The molecule has 2 amide bonds. The van der Waals surface area contributed by atoms with Crippen molar-refractivity contribution in [3.05, 3.63) is 50.1 Å². The molecule has 2 aromatic rings. The molecule has 0 spiro atoms. The fraction of sp³-hybridized carbons (Fsp3) is 0.294. The first-order valence-corrected chi connectivity index (χ1v) is 8.92. The van der Waals surface area contributed by atoms with Crippen molar-refractivity contribution in [3.8, 4) is 5.75 Å². The number of aryl methyl sites for hydroxylation is 1. The lowest BCUT2D eigenvalue weighted by molar-refractivity contribution is -0.129. The van der Waals surface area contributed by atoms with Gasteiger partial charge >= 0.3 is 0 Å². The number of nitrogens with zero attached hydrogens (tertiary/aromatic N) is 1. The van der Waals surface area contributed by atoms with Gasteiger partial charge in [-0.3, -0.25) is 9.59 Å². The molecule has 0 fully saturated rings. The average Bonchev–Trinajstić information content (AvgIpc) is 2.99. The molecule has 0 aliphatic heterocycles. The summed E-state index contributed by atoms with van der Waals surface area (Å²) < 4.78 is 6.23. The van der Waals surface area contributed by atoms with Crippen molar-refractivity contribution in [3.63, 3.8) is 0 Å². The Hall–Kier alpha value is -1.86. The van der Waals surface area contributed by atoms with Gasteiger partial charge in [-0.25, -0.2) is 0 Å². The molecule has 0 bridgehead atoms. The Bertz CT molecular complexity index is 745. The molecule has 5 nitrogen and oxygen atoms in total. The zero-order valence-corrected chi connectivity index (χ0v) is 16.2. The van der Waals surface area contributed by atoms with Gasteiger partial charge in [-0.05, 0) is 37.3 Å². The van der Waals surface area contributed by atoms with Crippen LogP contribution < -0.4 is 10.1 Å². The number of halogens is 1. The Labute approximate surface area is 153 Å². The predicted molar refractivity (Wildman–Crippen MR) is 98.6 cm³/mol. The number of nitrogens with one attached hydrogen (secondary N) is 1. The average molecular weight is 411 g/mol. The highest BCUT2D eigenvalue weighted by Crippen LogP contribution is 2.24. The molecule has 1 heterocycles. The van der Waals surface area contributed by atoms with Gasteiger partial charge in [0.05, 0.1) is 18.5 Å². The fourth-order valence-corrected chi connectivity index (χ4v) is 3.34. The third-order valence-corrected chi connectivity index (χ3v) is 4.93. The number of thiophene rings is 1. The van der Waals surface area contributed by atoms with Crippen LogP contribution in [0.5, 0.6) is 5.75 Å². The first-order valence-electron chi connectivity index (χ1n) is 7.31. The second-order valence-electron chi connectivity index (χ2n) is 5.30. The van der Waals surface area contributed by atoms with E-state index in [1.54, 1.807) is 25.1 Å². The highest BCUT2D eigenvalue weighted by atomic mass is 79.9. The molecular weight excluding hydrogens is 392 g/mol. The molecule has 24 heavy (non-hydrogen) atoms. The Morgan fingerprint density at radius 3 is 2.67 bits per heavy atom. The second-order valence-corrected chi connectivity index (χ2v) is 7.50. The van der Waals surface area contributed by atoms with Crippen molar-refractivity contribution in [2.75, 3.05) is 20.7 Å². The van der Waals surface area contributed by atoms with Gasteiger partial charge in [0, 0.05) is 28.5 Å². The smallest absolute Gasteiger partial charge is 0.261 e. The van der Waals surface area contributed by atoms with Gasteiger partial charge in [-0.15, -0.1) is 11.3 Å². The van der Waals surface area contributed by atoms with Crippen molar-refractivity contribution in [1.29, 1.82) is 0 Å². The molecule has 128 valence electrons. The van der Waals surface area contributed by atoms with E-state index in [1.807, 2.05) is 31.2 Å². The van der Waals surface area contributed by atoms with E-state index in [-0.39, 0.29) is 18.4 Å². The maximum absolute atomic E-state index is 12.2. The molecule has 0 aliphatic rings. The normalized spacial score (nSPS) is 10.3. The number of ether oxygens (including phenoxy) is 1. The molecule has 1 aromatic carbocycles. The molecule has 1 aromatic heterocycles. The molecule has 0 atom stereocenters. The summed E-state index contributed by atoms with van der Waals surface area (Å²) in [5, 5.41) is 2.66. The van der Waals surface area contributed by atoms with Gasteiger partial charge in [-0.2, -0.15) is 0 Å². The van der Waals surface area contributed by atoms with Crippen LogP contribution in [0.15, 0.2) is 34.8 Å². The first kappa shape index (κ1) is 18.5. The summed E-state index contributed by atoms with van der Waals surface area (Å²) in [5.74, 6) is 0.324. The maximum atomic E-state index is 12.2. The molecule has 7 heteroatoms. The van der Waals surface area contributed by atoms with E-state index >= 15 is 0 Å². The van der Waals surface area contributed by atoms with Crippen LogP contribution in [0.4, 0.5) is 0 Å². The molecular formula is C17H19BrN2O3S. The summed E-state index contributed by atoms with van der Waals surface area (Å²) in [5.41, 5.74) is 0.892.